The largest absolute Gasteiger partial charge is 0.493 e. The van der Waals surface area contributed by atoms with Crippen molar-refractivity contribution < 1.29 is 14.2 Å². The van der Waals surface area contributed by atoms with Gasteiger partial charge in [0.2, 0.25) is 12.5 Å². The van der Waals surface area contributed by atoms with Crippen molar-refractivity contribution in [2.75, 3.05) is 13.9 Å². The van der Waals surface area contributed by atoms with Crippen LogP contribution in [0, 0.1) is 0 Å². The Balaban J connectivity index is 2.35. The van der Waals surface area contributed by atoms with Gasteiger partial charge in [-0.3, -0.25) is 0 Å². The molecule has 1 heterocycles. The van der Waals surface area contributed by atoms with Crippen LogP contribution in [-0.2, 0) is 6.42 Å². The summed E-state index contributed by atoms with van der Waals surface area (Å²) in [6.07, 6.45) is 0.319. The summed E-state index contributed by atoms with van der Waals surface area (Å²) in [7, 11) is 12.7. The third-order valence-corrected chi connectivity index (χ3v) is 2.23. The summed E-state index contributed by atoms with van der Waals surface area (Å²) in [5.74, 6) is 1.82. The molecule has 6 heteroatoms. The second kappa shape index (κ2) is 3.94. The molecule has 1 aromatic carbocycles. The molecule has 0 fully saturated rings. The maximum atomic E-state index is 5.55. The molecule has 4 nitrogen and oxygen atoms in total. The van der Waals surface area contributed by atoms with Crippen LogP contribution in [0.15, 0.2) is 12.1 Å². The Hall–Kier alpha value is -1.29. The van der Waals surface area contributed by atoms with Crippen LogP contribution in [-0.4, -0.2) is 34.9 Å². The molecule has 0 aliphatic carbocycles. The number of rotatable bonds is 3. The van der Waals surface area contributed by atoms with Gasteiger partial charge in [-0.1, -0.05) is 5.34 Å². The molecule has 0 spiro atoms. The highest BCUT2D eigenvalue weighted by Crippen LogP contribution is 2.42. The van der Waals surface area contributed by atoms with Gasteiger partial charge in [0.1, 0.15) is 0 Å². The quantitative estimate of drug-likeness (QED) is 0.716. The lowest BCUT2D eigenvalue weighted by Crippen LogP contribution is -2.43. The van der Waals surface area contributed by atoms with Crippen molar-refractivity contribution in [3.8, 4) is 17.2 Å². The summed E-state index contributed by atoms with van der Waals surface area (Å²) in [5.41, 5.74) is 6.39. The monoisotopic (exact) mass is 215 g/mol. The van der Waals surface area contributed by atoms with Crippen LogP contribution < -0.4 is 19.9 Å². The van der Waals surface area contributed by atoms with E-state index < -0.39 is 5.34 Å². The fourth-order valence-corrected chi connectivity index (χ4v) is 1.64. The zero-order chi connectivity index (χ0) is 11.8. The summed E-state index contributed by atoms with van der Waals surface area (Å²) in [6, 6.07) is 3.58. The number of hydrogen-bond donors (Lipinski definition) is 1. The lowest BCUT2D eigenvalue weighted by Gasteiger charge is -2.20. The van der Waals surface area contributed by atoms with E-state index in [-0.39, 0.29) is 6.79 Å². The van der Waals surface area contributed by atoms with E-state index in [1.165, 1.54) is 0 Å². The fraction of sp³-hybridized carbons (Fsp3) is 0.400. The number of benzene rings is 1. The summed E-state index contributed by atoms with van der Waals surface area (Å²) in [5, 5.41) is -1.25. The number of nitrogens with two attached hydrogens (primary N) is 1. The Bertz CT molecular complexity index is 404. The fourth-order valence-electron chi connectivity index (χ4n) is 1.64. The first-order chi connectivity index (χ1) is 7.49. The van der Waals surface area contributed by atoms with Gasteiger partial charge in [-0.15, -0.1) is 0 Å². The van der Waals surface area contributed by atoms with Crippen LogP contribution in [0.3, 0.4) is 0 Å². The highest BCUT2D eigenvalue weighted by molar-refractivity contribution is 6.39. The lowest BCUT2D eigenvalue weighted by molar-refractivity contribution is 0.171. The minimum absolute atomic E-state index is 0.189. The zero-order valence-corrected chi connectivity index (χ0v) is 9.03. The average molecular weight is 215 g/mol. The average Bonchev–Trinajstić information content (AvgIpc) is 2.61. The van der Waals surface area contributed by atoms with Gasteiger partial charge in [0, 0.05) is 0 Å². The molecule has 0 atom stereocenters. The Labute approximate surface area is 96.9 Å². The lowest BCUT2D eigenvalue weighted by atomic mass is 9.60. The SMILES string of the molecule is [B]C([B])(N)Cc1cc(OC)c2c(c1)OCO2. The molecule has 0 saturated carbocycles. The summed E-state index contributed by atoms with van der Waals surface area (Å²) in [4.78, 5) is 0. The molecule has 0 saturated heterocycles. The van der Waals surface area contributed by atoms with E-state index in [0.717, 1.165) is 5.56 Å². The number of ether oxygens (including phenoxy) is 3. The van der Waals surface area contributed by atoms with Gasteiger partial charge in [0.25, 0.3) is 0 Å². The molecule has 16 heavy (non-hydrogen) atoms. The number of hydrogen-bond acceptors (Lipinski definition) is 4. The maximum Gasteiger partial charge on any atom is 0.231 e. The van der Waals surface area contributed by atoms with Crippen molar-refractivity contribution in [2.45, 2.75) is 11.8 Å². The molecular weight excluding hydrogens is 204 g/mol. The van der Waals surface area contributed by atoms with Gasteiger partial charge in [-0.05, 0) is 24.1 Å². The van der Waals surface area contributed by atoms with E-state index in [9.17, 15) is 0 Å². The summed E-state index contributed by atoms with van der Waals surface area (Å²) in [6.45, 7) is 0.189. The van der Waals surface area contributed by atoms with Gasteiger partial charge < -0.3 is 19.9 Å². The maximum absolute atomic E-state index is 5.55. The minimum atomic E-state index is -1.25. The molecule has 2 N–H and O–H groups in total. The van der Waals surface area contributed by atoms with Gasteiger partial charge in [-0.2, -0.15) is 0 Å². The Morgan fingerprint density at radius 3 is 2.81 bits per heavy atom. The van der Waals surface area contributed by atoms with Crippen molar-refractivity contribution >= 4 is 15.7 Å². The third-order valence-electron chi connectivity index (χ3n) is 2.23. The molecule has 4 radical (unpaired) electrons. The first-order valence-electron chi connectivity index (χ1n) is 4.83. The molecule has 0 unspecified atom stereocenters. The first-order valence-corrected chi connectivity index (χ1v) is 4.83. The Morgan fingerprint density at radius 2 is 2.19 bits per heavy atom. The molecule has 80 valence electrons. The van der Waals surface area contributed by atoms with E-state index in [2.05, 4.69) is 0 Å². The standard InChI is InChI=1S/C10H11B2NO3/c1-14-7-2-6(4-10(11,12)13)3-8-9(7)16-5-15-8/h2-3H,4-5,13H2,1H3. The highest BCUT2D eigenvalue weighted by atomic mass is 16.7. The van der Waals surface area contributed by atoms with Crippen LogP contribution >= 0.6 is 0 Å². The molecular formula is C10H11B2NO3. The van der Waals surface area contributed by atoms with Crippen LogP contribution in [0.1, 0.15) is 5.56 Å². The van der Waals surface area contributed by atoms with Crippen LogP contribution in [0.5, 0.6) is 17.2 Å². The van der Waals surface area contributed by atoms with Crippen molar-refractivity contribution in [1.82, 2.24) is 0 Å². The highest BCUT2D eigenvalue weighted by Gasteiger charge is 2.21. The number of methoxy groups -OCH3 is 1. The van der Waals surface area contributed by atoms with E-state index in [1.54, 1.807) is 19.2 Å². The molecule has 1 aliphatic rings. The van der Waals surface area contributed by atoms with Gasteiger partial charge in [-0.25, -0.2) is 0 Å². The van der Waals surface area contributed by atoms with Crippen molar-refractivity contribution in [3.63, 3.8) is 0 Å². The molecule has 1 aromatic rings. The smallest absolute Gasteiger partial charge is 0.231 e. The zero-order valence-electron chi connectivity index (χ0n) is 9.03. The van der Waals surface area contributed by atoms with Crippen LogP contribution in [0.2, 0.25) is 0 Å². The molecule has 0 bridgehead atoms. The van der Waals surface area contributed by atoms with Gasteiger partial charge >= 0.3 is 0 Å². The molecule has 0 aromatic heterocycles. The predicted molar refractivity (Wildman–Crippen MR) is 61.2 cm³/mol. The Kier molecular flexibility index (Phi) is 2.76. The van der Waals surface area contributed by atoms with Crippen LogP contribution in [0.25, 0.3) is 0 Å². The Morgan fingerprint density at radius 1 is 1.44 bits per heavy atom. The summed E-state index contributed by atoms with van der Waals surface area (Å²) >= 11 is 0. The van der Waals surface area contributed by atoms with Gasteiger partial charge in [0.05, 0.1) is 22.8 Å². The topological polar surface area (TPSA) is 53.7 Å². The molecule has 0 amide bonds. The normalized spacial score (nSPS) is 13.9. The van der Waals surface area contributed by atoms with Crippen molar-refractivity contribution in [2.24, 2.45) is 5.73 Å². The number of fused-ring (bicyclic) bond motifs is 1. The first kappa shape index (κ1) is 11.2. The van der Waals surface area contributed by atoms with Crippen molar-refractivity contribution in [1.29, 1.82) is 0 Å². The second-order valence-corrected chi connectivity index (χ2v) is 3.82. The van der Waals surface area contributed by atoms with E-state index in [4.69, 9.17) is 35.6 Å². The third kappa shape index (κ3) is 2.27. The van der Waals surface area contributed by atoms with Gasteiger partial charge in [0.15, 0.2) is 11.5 Å². The van der Waals surface area contributed by atoms with E-state index >= 15 is 0 Å². The second-order valence-electron chi connectivity index (χ2n) is 3.82. The molecule has 2 rings (SSSR count). The van der Waals surface area contributed by atoms with E-state index in [1.807, 2.05) is 0 Å². The predicted octanol–water partition coefficient (Wildman–Crippen LogP) is -0.0841. The minimum Gasteiger partial charge on any atom is -0.493 e. The summed E-state index contributed by atoms with van der Waals surface area (Å²) < 4.78 is 15.7. The van der Waals surface area contributed by atoms with E-state index in [0.29, 0.717) is 23.7 Å². The van der Waals surface area contributed by atoms with Crippen LogP contribution in [0.4, 0.5) is 0 Å². The van der Waals surface area contributed by atoms with Crippen molar-refractivity contribution in [3.05, 3.63) is 17.7 Å². The molecule has 1 aliphatic heterocycles.